The molecule has 1 N–H and O–H groups in total. The van der Waals surface area contributed by atoms with Crippen LogP contribution in [0, 0.1) is 5.92 Å². The monoisotopic (exact) mass is 534 g/mol. The van der Waals surface area contributed by atoms with Gasteiger partial charge in [0.05, 0.1) is 38.6 Å². The number of rotatable bonds is 9. The molecule has 1 fully saturated rings. The summed E-state index contributed by atoms with van der Waals surface area (Å²) in [7, 11) is -1.04. The summed E-state index contributed by atoms with van der Waals surface area (Å²) in [5, 5.41) is 13.4. The fourth-order valence-electron chi connectivity index (χ4n) is 5.59. The van der Waals surface area contributed by atoms with E-state index in [0.717, 1.165) is 11.3 Å². The first-order valence-corrected chi connectivity index (χ1v) is 15.4. The number of aliphatic hydroxyl groups is 1. The molecule has 0 aliphatic carbocycles. The van der Waals surface area contributed by atoms with E-state index in [1.54, 1.807) is 7.11 Å². The average molecular weight is 535 g/mol. The van der Waals surface area contributed by atoms with E-state index in [-0.39, 0.29) is 29.3 Å². The molecule has 5 atom stereocenters. The normalized spacial score (nSPS) is 24.2. The van der Waals surface area contributed by atoms with Crippen molar-refractivity contribution in [3.05, 3.63) is 90.5 Å². The van der Waals surface area contributed by atoms with Crippen LogP contribution in [-0.4, -0.2) is 51.6 Å². The minimum atomic E-state index is -2.70. The second-order valence-corrected chi connectivity index (χ2v) is 15.6. The molecule has 5 nitrogen and oxygen atoms in total. The Balaban J connectivity index is 1.57. The zero-order chi connectivity index (χ0) is 27.3. The van der Waals surface area contributed by atoms with Crippen molar-refractivity contribution >= 4 is 18.7 Å². The van der Waals surface area contributed by atoms with Gasteiger partial charge in [0.1, 0.15) is 11.9 Å². The zero-order valence-electron chi connectivity index (χ0n) is 23.5. The predicted octanol–water partition coefficient (Wildman–Crippen LogP) is 4.94. The number of ether oxygens (including phenoxy) is 3. The molecule has 204 valence electrons. The van der Waals surface area contributed by atoms with Gasteiger partial charge < -0.3 is 23.7 Å². The molecule has 0 amide bonds. The first-order valence-electron chi connectivity index (χ1n) is 13.5. The van der Waals surface area contributed by atoms with Crippen LogP contribution in [0.15, 0.2) is 84.9 Å². The first kappa shape index (κ1) is 28.5. The molecule has 1 aliphatic heterocycles. The molecule has 1 aliphatic rings. The van der Waals surface area contributed by atoms with Gasteiger partial charge in [-0.25, -0.2) is 0 Å². The summed E-state index contributed by atoms with van der Waals surface area (Å²) in [5.74, 6) is 0.750. The molecule has 0 spiro atoms. The number of methoxy groups -OCH3 is 1. The minimum absolute atomic E-state index is 0.0577. The van der Waals surface area contributed by atoms with E-state index in [9.17, 15) is 5.11 Å². The summed E-state index contributed by atoms with van der Waals surface area (Å²) in [6.45, 7) is 11.7. The molecular weight excluding hydrogens is 492 g/mol. The topological polar surface area (TPSA) is 57.2 Å². The summed E-state index contributed by atoms with van der Waals surface area (Å²) >= 11 is 0. The molecule has 6 heteroatoms. The highest BCUT2D eigenvalue weighted by Gasteiger charge is 2.51. The fraction of sp³-hybridized carbons (Fsp3) is 0.438. The third-order valence-corrected chi connectivity index (χ3v) is 12.8. The second kappa shape index (κ2) is 12.1. The average Bonchev–Trinajstić information content (AvgIpc) is 2.92. The van der Waals surface area contributed by atoms with Gasteiger partial charge in [-0.05, 0) is 40.0 Å². The molecule has 1 saturated heterocycles. The molecule has 0 radical (unpaired) electrons. The largest absolute Gasteiger partial charge is 0.497 e. The maximum atomic E-state index is 11.0. The Hall–Kier alpha value is -2.48. The highest BCUT2D eigenvalue weighted by Crippen LogP contribution is 2.38. The van der Waals surface area contributed by atoms with Crippen molar-refractivity contribution in [1.29, 1.82) is 0 Å². The quantitative estimate of drug-likeness (QED) is 0.394. The Morgan fingerprint density at radius 2 is 1.39 bits per heavy atom. The summed E-state index contributed by atoms with van der Waals surface area (Å²) in [6, 6.07) is 29.1. The molecule has 0 aromatic heterocycles. The highest BCUT2D eigenvalue weighted by atomic mass is 28.4. The van der Waals surface area contributed by atoms with Crippen LogP contribution in [0.4, 0.5) is 0 Å². The van der Waals surface area contributed by atoms with Gasteiger partial charge in [0.2, 0.25) is 0 Å². The van der Waals surface area contributed by atoms with Crippen molar-refractivity contribution in [2.75, 3.05) is 13.7 Å². The standard InChI is InChI=1S/C32H42O5Si/c1-23-29(37-24(2)30(33)31(23)35-21-25-17-19-26(34-6)20-18-25)22-36-38(32(3,4)5,27-13-9-7-10-14-27)28-15-11-8-12-16-28/h7-20,23-24,29-31,33H,21-22H2,1-6H3. The maximum Gasteiger partial charge on any atom is 0.261 e. The molecule has 0 saturated carbocycles. The van der Waals surface area contributed by atoms with Crippen molar-refractivity contribution in [1.82, 2.24) is 0 Å². The van der Waals surface area contributed by atoms with E-state index >= 15 is 0 Å². The zero-order valence-corrected chi connectivity index (χ0v) is 24.5. The van der Waals surface area contributed by atoms with Crippen LogP contribution in [0.3, 0.4) is 0 Å². The van der Waals surface area contributed by atoms with Crippen molar-refractivity contribution in [2.24, 2.45) is 5.92 Å². The third kappa shape index (κ3) is 5.90. The molecule has 3 aromatic carbocycles. The Morgan fingerprint density at radius 1 is 0.842 bits per heavy atom. The van der Waals surface area contributed by atoms with E-state index < -0.39 is 14.4 Å². The van der Waals surface area contributed by atoms with Crippen LogP contribution in [0.1, 0.15) is 40.2 Å². The van der Waals surface area contributed by atoms with Crippen molar-refractivity contribution < 1.29 is 23.7 Å². The summed E-state index contributed by atoms with van der Waals surface area (Å²) < 4.78 is 25.1. The van der Waals surface area contributed by atoms with Crippen LogP contribution >= 0.6 is 0 Å². The van der Waals surface area contributed by atoms with Crippen LogP contribution in [-0.2, 0) is 20.5 Å². The van der Waals surface area contributed by atoms with E-state index in [1.165, 1.54) is 10.4 Å². The Morgan fingerprint density at radius 3 is 1.89 bits per heavy atom. The number of aliphatic hydroxyl groups excluding tert-OH is 1. The molecule has 5 unspecified atom stereocenters. The third-order valence-electron chi connectivity index (χ3n) is 7.79. The van der Waals surface area contributed by atoms with Crippen molar-refractivity contribution in [3.63, 3.8) is 0 Å². The van der Waals surface area contributed by atoms with Gasteiger partial charge in [0.15, 0.2) is 0 Å². The fourth-order valence-corrected chi connectivity index (χ4v) is 10.2. The van der Waals surface area contributed by atoms with E-state index in [2.05, 4.69) is 88.4 Å². The lowest BCUT2D eigenvalue weighted by atomic mass is 9.88. The number of benzene rings is 3. The van der Waals surface area contributed by atoms with Gasteiger partial charge in [0.25, 0.3) is 8.32 Å². The van der Waals surface area contributed by atoms with Crippen molar-refractivity contribution in [3.8, 4) is 5.75 Å². The van der Waals surface area contributed by atoms with E-state index in [4.69, 9.17) is 18.6 Å². The van der Waals surface area contributed by atoms with Gasteiger partial charge >= 0.3 is 0 Å². The van der Waals surface area contributed by atoms with Gasteiger partial charge in [0, 0.05) is 5.92 Å². The van der Waals surface area contributed by atoms with Gasteiger partial charge in [-0.1, -0.05) is 100 Å². The Labute approximate surface area is 228 Å². The van der Waals surface area contributed by atoms with E-state index in [1.807, 2.05) is 31.2 Å². The van der Waals surface area contributed by atoms with Crippen molar-refractivity contribution in [2.45, 2.75) is 70.7 Å². The number of hydrogen-bond acceptors (Lipinski definition) is 5. The van der Waals surface area contributed by atoms with Crippen LogP contribution in [0.25, 0.3) is 0 Å². The molecule has 3 aromatic rings. The molecule has 1 heterocycles. The number of hydrogen-bond donors (Lipinski definition) is 1. The summed E-state index contributed by atoms with van der Waals surface area (Å²) in [4.78, 5) is 0. The molecular formula is C32H42O5Si. The lowest BCUT2D eigenvalue weighted by Gasteiger charge is -2.46. The van der Waals surface area contributed by atoms with Crippen LogP contribution in [0.5, 0.6) is 5.75 Å². The Bertz CT molecular complexity index is 1090. The summed E-state index contributed by atoms with van der Waals surface area (Å²) in [5.41, 5.74) is 1.03. The van der Waals surface area contributed by atoms with Gasteiger partial charge in [-0.2, -0.15) is 0 Å². The van der Waals surface area contributed by atoms with Gasteiger partial charge in [-0.3, -0.25) is 0 Å². The minimum Gasteiger partial charge on any atom is -0.497 e. The smallest absolute Gasteiger partial charge is 0.261 e. The molecule has 0 bridgehead atoms. The lowest BCUT2D eigenvalue weighted by molar-refractivity contribution is -0.214. The SMILES string of the molecule is COc1ccc(COC2C(C)C(CO[Si](c3ccccc3)(c3ccccc3)C(C)(C)C)OC(C)C2O)cc1. The second-order valence-electron chi connectivity index (χ2n) is 11.3. The van der Waals surface area contributed by atoms with Gasteiger partial charge in [-0.15, -0.1) is 0 Å². The lowest BCUT2D eigenvalue weighted by Crippen LogP contribution is -2.67. The summed E-state index contributed by atoms with van der Waals surface area (Å²) in [6.07, 6.45) is -1.66. The molecule has 4 rings (SSSR count). The van der Waals surface area contributed by atoms with E-state index in [0.29, 0.717) is 13.2 Å². The predicted molar refractivity (Wildman–Crippen MR) is 155 cm³/mol. The highest BCUT2D eigenvalue weighted by molar-refractivity contribution is 6.99. The maximum absolute atomic E-state index is 11.0. The van der Waals surface area contributed by atoms with Crippen LogP contribution < -0.4 is 15.1 Å². The molecule has 38 heavy (non-hydrogen) atoms. The van der Waals surface area contributed by atoms with Crippen LogP contribution in [0.2, 0.25) is 5.04 Å². The Kier molecular flexibility index (Phi) is 9.11. The first-order chi connectivity index (χ1) is 18.2.